The van der Waals surface area contributed by atoms with Crippen molar-refractivity contribution in [3.05, 3.63) is 94.6 Å². The number of nitrogens with zero attached hydrogens (tertiary/aromatic N) is 3. The minimum atomic E-state index is -0.982. The van der Waals surface area contributed by atoms with Crippen LogP contribution in [0.25, 0.3) is 6.08 Å². The van der Waals surface area contributed by atoms with E-state index in [1.165, 1.54) is 29.2 Å². The van der Waals surface area contributed by atoms with Gasteiger partial charge in [-0.1, -0.05) is 43.7 Å². The molecule has 208 valence electrons. The highest BCUT2D eigenvalue weighted by Gasteiger charge is 2.64. The third kappa shape index (κ3) is 4.51. The van der Waals surface area contributed by atoms with Crippen molar-refractivity contribution < 1.29 is 24.0 Å². The summed E-state index contributed by atoms with van der Waals surface area (Å²) in [6.07, 6.45) is 5.74. The number of hydrogen-bond acceptors (Lipinski definition) is 7. The van der Waals surface area contributed by atoms with Gasteiger partial charge in [-0.2, -0.15) is 0 Å². The quantitative estimate of drug-likeness (QED) is 0.184. The maximum Gasteiger partial charge on any atom is 0.269 e. The van der Waals surface area contributed by atoms with E-state index >= 15 is 0 Å². The molecule has 0 aromatic heterocycles. The van der Waals surface area contributed by atoms with E-state index in [-0.39, 0.29) is 11.6 Å². The fraction of sp³-hybridized carbons (Fsp3) is 0.258. The topological polar surface area (TPSA) is 122 Å². The standard InChI is InChI=1S/C31H28N4O6/c1-2-3-18-41-23-15-13-21(14-16-23)33-30(37)26-25-17-8-19-6-4-5-7-24(19)34(25)28(27(26)31(33)38)29(36)32-20-9-11-22(12-10-20)35(39)40/h4-17,25-28H,2-3,18H2,1H3,(H,32,36)/t25-,26+,27+,28+/m1/s1. The first kappa shape index (κ1) is 26.2. The number of amides is 3. The van der Waals surface area contributed by atoms with Crippen molar-refractivity contribution in [2.24, 2.45) is 11.8 Å². The summed E-state index contributed by atoms with van der Waals surface area (Å²) in [5.41, 5.74) is 2.33. The van der Waals surface area contributed by atoms with Crippen LogP contribution in [0.1, 0.15) is 25.3 Å². The lowest BCUT2D eigenvalue weighted by Gasteiger charge is -2.36. The molecule has 3 aromatic rings. The van der Waals surface area contributed by atoms with Crippen LogP contribution in [0.5, 0.6) is 5.75 Å². The molecule has 4 atom stereocenters. The van der Waals surface area contributed by atoms with Crippen LogP contribution < -0.4 is 19.9 Å². The van der Waals surface area contributed by atoms with Crippen LogP contribution in [0.15, 0.2) is 78.9 Å². The average Bonchev–Trinajstić information content (AvgIpc) is 3.46. The lowest BCUT2D eigenvalue weighted by atomic mass is 9.88. The van der Waals surface area contributed by atoms with Gasteiger partial charge in [0.2, 0.25) is 17.7 Å². The number of anilines is 3. The van der Waals surface area contributed by atoms with Crippen molar-refractivity contribution in [2.45, 2.75) is 31.8 Å². The van der Waals surface area contributed by atoms with E-state index in [9.17, 15) is 24.5 Å². The SMILES string of the molecule is CCCCOc1ccc(N2C(=O)[C@@H]3[C@H](C2=O)[C@@H](C(=O)Nc2ccc([N+](=O)[O-])cc2)N2c4ccccc4C=C[C@H]32)cc1. The molecule has 3 aliphatic rings. The van der Waals surface area contributed by atoms with E-state index in [4.69, 9.17) is 4.74 Å². The molecule has 41 heavy (non-hydrogen) atoms. The molecule has 3 heterocycles. The van der Waals surface area contributed by atoms with Crippen molar-refractivity contribution in [1.82, 2.24) is 0 Å². The van der Waals surface area contributed by atoms with Crippen LogP contribution in [0.2, 0.25) is 0 Å². The number of carbonyl (C=O) groups excluding carboxylic acids is 3. The normalized spacial score (nSPS) is 22.3. The van der Waals surface area contributed by atoms with Crippen LogP contribution in [0.4, 0.5) is 22.7 Å². The molecule has 0 saturated carbocycles. The van der Waals surface area contributed by atoms with Gasteiger partial charge in [0.25, 0.3) is 5.69 Å². The predicted octanol–water partition coefficient (Wildman–Crippen LogP) is 4.80. The molecule has 3 amide bonds. The van der Waals surface area contributed by atoms with Gasteiger partial charge < -0.3 is 15.0 Å². The zero-order chi connectivity index (χ0) is 28.7. The van der Waals surface area contributed by atoms with E-state index in [2.05, 4.69) is 12.2 Å². The Morgan fingerprint density at radius 3 is 2.39 bits per heavy atom. The van der Waals surface area contributed by atoms with Crippen molar-refractivity contribution >= 4 is 46.5 Å². The predicted molar refractivity (Wildman–Crippen MR) is 154 cm³/mol. The molecule has 1 N–H and O–H groups in total. The lowest BCUT2D eigenvalue weighted by Crippen LogP contribution is -2.50. The maximum absolute atomic E-state index is 14.0. The molecule has 0 spiro atoms. The Morgan fingerprint density at radius 1 is 0.976 bits per heavy atom. The maximum atomic E-state index is 14.0. The number of unbranched alkanes of at least 4 members (excludes halogenated alkanes) is 1. The molecule has 10 nitrogen and oxygen atoms in total. The summed E-state index contributed by atoms with van der Waals surface area (Å²) < 4.78 is 5.73. The number of rotatable bonds is 8. The molecule has 0 radical (unpaired) electrons. The summed E-state index contributed by atoms with van der Waals surface area (Å²) in [7, 11) is 0. The Labute approximate surface area is 236 Å². The Bertz CT molecular complexity index is 1550. The van der Waals surface area contributed by atoms with Gasteiger partial charge in [-0.25, -0.2) is 4.90 Å². The number of para-hydroxylation sites is 1. The van der Waals surface area contributed by atoms with Gasteiger partial charge in [0.15, 0.2) is 0 Å². The summed E-state index contributed by atoms with van der Waals surface area (Å²) in [6.45, 7) is 2.66. The van der Waals surface area contributed by atoms with Crippen LogP contribution in [0, 0.1) is 22.0 Å². The second-order valence-corrected chi connectivity index (χ2v) is 10.3. The number of benzene rings is 3. The Balaban J connectivity index is 1.33. The van der Waals surface area contributed by atoms with Gasteiger partial charge in [0.05, 0.1) is 35.1 Å². The van der Waals surface area contributed by atoms with E-state index in [0.29, 0.717) is 23.7 Å². The number of imide groups is 1. The summed E-state index contributed by atoms with van der Waals surface area (Å²) in [5.74, 6) is -2.31. The van der Waals surface area contributed by atoms with E-state index in [0.717, 1.165) is 24.1 Å². The number of nitrogens with one attached hydrogen (secondary N) is 1. The molecule has 2 fully saturated rings. The number of ether oxygens (including phenoxy) is 1. The molecule has 0 aliphatic carbocycles. The first-order chi connectivity index (χ1) is 19.9. The fourth-order valence-electron chi connectivity index (χ4n) is 5.98. The second-order valence-electron chi connectivity index (χ2n) is 10.3. The molecule has 2 saturated heterocycles. The number of fused-ring (bicyclic) bond motifs is 5. The third-order valence-electron chi connectivity index (χ3n) is 7.89. The Kier molecular flexibility index (Phi) is 6.74. The first-order valence-electron chi connectivity index (χ1n) is 13.6. The summed E-state index contributed by atoms with van der Waals surface area (Å²) in [5, 5.41) is 13.9. The molecule has 3 aromatic carbocycles. The molecule has 6 rings (SSSR count). The highest BCUT2D eigenvalue weighted by Crippen LogP contribution is 2.49. The van der Waals surface area contributed by atoms with Gasteiger partial charge in [-0.15, -0.1) is 0 Å². The summed E-state index contributed by atoms with van der Waals surface area (Å²) in [4.78, 5) is 55.4. The van der Waals surface area contributed by atoms with Crippen molar-refractivity contribution in [3.63, 3.8) is 0 Å². The second kappa shape index (κ2) is 10.5. The number of hydrogen-bond donors (Lipinski definition) is 1. The summed E-state index contributed by atoms with van der Waals surface area (Å²) >= 11 is 0. The van der Waals surface area contributed by atoms with Gasteiger partial charge >= 0.3 is 0 Å². The van der Waals surface area contributed by atoms with Crippen LogP contribution in [-0.2, 0) is 14.4 Å². The van der Waals surface area contributed by atoms with Gasteiger partial charge in [-0.05, 0) is 54.4 Å². The monoisotopic (exact) mass is 552 g/mol. The van der Waals surface area contributed by atoms with Gasteiger partial charge in [0.1, 0.15) is 11.8 Å². The highest BCUT2D eigenvalue weighted by molar-refractivity contribution is 6.25. The Morgan fingerprint density at radius 2 is 1.68 bits per heavy atom. The van der Waals surface area contributed by atoms with Gasteiger partial charge in [-0.3, -0.25) is 24.5 Å². The summed E-state index contributed by atoms with van der Waals surface area (Å²) in [6, 6.07) is 18.4. The number of nitro benzene ring substituents is 1. The van der Waals surface area contributed by atoms with E-state index in [1.54, 1.807) is 24.3 Å². The van der Waals surface area contributed by atoms with Crippen LogP contribution in [0.3, 0.4) is 0 Å². The number of non-ortho nitro benzene ring substituents is 1. The largest absolute Gasteiger partial charge is 0.494 e. The number of carbonyl (C=O) groups is 3. The minimum Gasteiger partial charge on any atom is -0.494 e. The molecule has 0 bridgehead atoms. The fourth-order valence-corrected chi connectivity index (χ4v) is 5.98. The van der Waals surface area contributed by atoms with Crippen molar-refractivity contribution in [1.29, 1.82) is 0 Å². The third-order valence-corrected chi connectivity index (χ3v) is 7.89. The molecule has 10 heteroatoms. The lowest BCUT2D eigenvalue weighted by molar-refractivity contribution is -0.384. The van der Waals surface area contributed by atoms with Crippen LogP contribution >= 0.6 is 0 Å². The smallest absolute Gasteiger partial charge is 0.269 e. The molecule has 0 unspecified atom stereocenters. The zero-order valence-corrected chi connectivity index (χ0v) is 22.3. The molecular weight excluding hydrogens is 524 g/mol. The first-order valence-corrected chi connectivity index (χ1v) is 13.6. The highest BCUT2D eigenvalue weighted by atomic mass is 16.6. The zero-order valence-electron chi connectivity index (χ0n) is 22.3. The van der Waals surface area contributed by atoms with Crippen molar-refractivity contribution in [2.75, 3.05) is 21.7 Å². The molecule has 3 aliphatic heterocycles. The van der Waals surface area contributed by atoms with Gasteiger partial charge in [0, 0.05) is 23.5 Å². The van der Waals surface area contributed by atoms with E-state index < -0.39 is 40.7 Å². The molecular formula is C31H28N4O6. The average molecular weight is 553 g/mol. The van der Waals surface area contributed by atoms with E-state index in [1.807, 2.05) is 41.3 Å². The van der Waals surface area contributed by atoms with Crippen LogP contribution in [-0.4, -0.2) is 41.3 Å². The minimum absolute atomic E-state index is 0.104. The Hall–Kier alpha value is -4.99. The van der Waals surface area contributed by atoms with Crippen molar-refractivity contribution in [3.8, 4) is 5.75 Å². The number of nitro groups is 1.